The standard InChI is InChI=1S/C23H29N3O/c27-19-22(20-12-7-4-8-13-20)16-6-2-1-3-11-17-26-24-18-23(25-26)21-14-9-5-10-15-21/h4-5,7-10,12-15,18,22,27H,1-3,6,11,16-17,19H2. The fraction of sp³-hybridized carbons (Fsp3) is 0.391. The lowest BCUT2D eigenvalue weighted by molar-refractivity contribution is 0.256. The van der Waals surface area contributed by atoms with Crippen LogP contribution in [0.3, 0.4) is 0 Å². The normalized spacial score (nSPS) is 12.2. The van der Waals surface area contributed by atoms with Gasteiger partial charge in [0.25, 0.3) is 0 Å². The van der Waals surface area contributed by atoms with Crippen molar-refractivity contribution in [2.24, 2.45) is 0 Å². The molecule has 0 fully saturated rings. The third-order valence-corrected chi connectivity index (χ3v) is 5.01. The predicted molar refractivity (Wildman–Crippen MR) is 109 cm³/mol. The maximum atomic E-state index is 9.61. The molecule has 0 radical (unpaired) electrons. The van der Waals surface area contributed by atoms with E-state index in [1.54, 1.807) is 4.80 Å². The van der Waals surface area contributed by atoms with Crippen molar-refractivity contribution in [3.05, 3.63) is 72.4 Å². The van der Waals surface area contributed by atoms with Gasteiger partial charge in [0.2, 0.25) is 0 Å². The summed E-state index contributed by atoms with van der Waals surface area (Å²) in [7, 11) is 0. The molecule has 1 heterocycles. The van der Waals surface area contributed by atoms with Gasteiger partial charge in [-0.2, -0.15) is 15.0 Å². The maximum Gasteiger partial charge on any atom is 0.113 e. The van der Waals surface area contributed by atoms with Gasteiger partial charge in [-0.05, 0) is 18.4 Å². The Morgan fingerprint density at radius 3 is 2.22 bits per heavy atom. The van der Waals surface area contributed by atoms with Crippen molar-refractivity contribution in [3.63, 3.8) is 0 Å². The summed E-state index contributed by atoms with van der Waals surface area (Å²) in [5.74, 6) is 0.274. The molecule has 1 aromatic heterocycles. The van der Waals surface area contributed by atoms with E-state index in [1.165, 1.54) is 24.8 Å². The summed E-state index contributed by atoms with van der Waals surface area (Å²) >= 11 is 0. The largest absolute Gasteiger partial charge is 0.396 e. The van der Waals surface area contributed by atoms with Crippen LogP contribution in [0.5, 0.6) is 0 Å². The summed E-state index contributed by atoms with van der Waals surface area (Å²) in [5.41, 5.74) is 3.30. The van der Waals surface area contributed by atoms with E-state index in [0.717, 1.165) is 37.1 Å². The number of aryl methyl sites for hydroxylation is 1. The second-order valence-electron chi connectivity index (χ2n) is 7.04. The minimum atomic E-state index is 0.235. The van der Waals surface area contributed by atoms with Gasteiger partial charge in [-0.25, -0.2) is 0 Å². The van der Waals surface area contributed by atoms with Crippen molar-refractivity contribution in [3.8, 4) is 11.3 Å². The molecule has 1 atom stereocenters. The predicted octanol–water partition coefficient (Wildman–Crippen LogP) is 5.06. The van der Waals surface area contributed by atoms with Gasteiger partial charge in [-0.1, -0.05) is 86.3 Å². The molecule has 142 valence electrons. The van der Waals surface area contributed by atoms with Crippen molar-refractivity contribution < 1.29 is 5.11 Å². The second-order valence-corrected chi connectivity index (χ2v) is 7.04. The van der Waals surface area contributed by atoms with Gasteiger partial charge in [-0.3, -0.25) is 0 Å². The average Bonchev–Trinajstić information content (AvgIpc) is 3.20. The van der Waals surface area contributed by atoms with E-state index in [9.17, 15) is 5.11 Å². The van der Waals surface area contributed by atoms with Gasteiger partial charge < -0.3 is 5.11 Å². The molecule has 1 N–H and O–H groups in total. The SMILES string of the molecule is OCC(CCCCCCCn1ncc(-c2ccccc2)n1)c1ccccc1. The van der Waals surface area contributed by atoms with Crippen LogP contribution in [-0.2, 0) is 6.54 Å². The molecule has 0 bridgehead atoms. The summed E-state index contributed by atoms with van der Waals surface area (Å²) in [6.45, 7) is 1.11. The van der Waals surface area contributed by atoms with Crippen molar-refractivity contribution in [1.29, 1.82) is 0 Å². The molecule has 0 saturated heterocycles. The Labute approximate surface area is 161 Å². The first-order valence-corrected chi connectivity index (χ1v) is 9.98. The number of unbranched alkanes of at least 4 members (excludes halogenated alkanes) is 4. The van der Waals surface area contributed by atoms with Crippen LogP contribution >= 0.6 is 0 Å². The molecule has 0 saturated carbocycles. The van der Waals surface area contributed by atoms with Crippen LogP contribution in [-0.4, -0.2) is 26.7 Å². The molecule has 1 unspecified atom stereocenters. The maximum absolute atomic E-state index is 9.61. The number of aromatic nitrogens is 3. The highest BCUT2D eigenvalue weighted by Crippen LogP contribution is 2.22. The van der Waals surface area contributed by atoms with Crippen molar-refractivity contribution in [1.82, 2.24) is 15.0 Å². The van der Waals surface area contributed by atoms with E-state index in [1.807, 2.05) is 42.6 Å². The lowest BCUT2D eigenvalue weighted by atomic mass is 9.94. The molecular weight excluding hydrogens is 334 g/mol. The monoisotopic (exact) mass is 363 g/mol. The number of rotatable bonds is 11. The minimum Gasteiger partial charge on any atom is -0.396 e. The third-order valence-electron chi connectivity index (χ3n) is 5.01. The Hall–Kier alpha value is -2.46. The number of aliphatic hydroxyl groups is 1. The van der Waals surface area contributed by atoms with Crippen LogP contribution in [0.15, 0.2) is 66.9 Å². The molecule has 27 heavy (non-hydrogen) atoms. The van der Waals surface area contributed by atoms with Crippen molar-refractivity contribution in [2.45, 2.75) is 51.0 Å². The number of aliphatic hydroxyl groups excluding tert-OH is 1. The number of hydrogen-bond acceptors (Lipinski definition) is 3. The Kier molecular flexibility index (Phi) is 7.60. The first-order valence-electron chi connectivity index (χ1n) is 9.98. The van der Waals surface area contributed by atoms with Gasteiger partial charge in [0.1, 0.15) is 5.69 Å². The van der Waals surface area contributed by atoms with Gasteiger partial charge in [0.05, 0.1) is 12.7 Å². The molecule has 3 aromatic rings. The van der Waals surface area contributed by atoms with Crippen LogP contribution in [0.4, 0.5) is 0 Å². The highest BCUT2D eigenvalue weighted by Gasteiger charge is 2.09. The number of benzene rings is 2. The zero-order valence-corrected chi connectivity index (χ0v) is 15.9. The Morgan fingerprint density at radius 2 is 1.48 bits per heavy atom. The van der Waals surface area contributed by atoms with Gasteiger partial charge in [-0.15, -0.1) is 0 Å². The first-order chi connectivity index (χ1) is 13.4. The van der Waals surface area contributed by atoms with Gasteiger partial charge in [0.15, 0.2) is 0 Å². The Balaban J connectivity index is 1.30. The molecule has 0 aliphatic carbocycles. The molecule has 0 spiro atoms. The zero-order chi connectivity index (χ0) is 18.7. The van der Waals surface area contributed by atoms with Gasteiger partial charge in [0, 0.05) is 18.1 Å². The first kappa shape index (κ1) is 19.3. The third kappa shape index (κ3) is 6.04. The lowest BCUT2D eigenvalue weighted by Crippen LogP contribution is -2.04. The van der Waals surface area contributed by atoms with E-state index in [4.69, 9.17) is 0 Å². The van der Waals surface area contributed by atoms with Crippen LogP contribution in [0.2, 0.25) is 0 Å². The van der Waals surface area contributed by atoms with Crippen LogP contribution in [0, 0.1) is 0 Å². The summed E-state index contributed by atoms with van der Waals surface area (Å²) in [4.78, 5) is 1.81. The van der Waals surface area contributed by atoms with Crippen LogP contribution < -0.4 is 0 Å². The zero-order valence-electron chi connectivity index (χ0n) is 15.9. The summed E-state index contributed by atoms with van der Waals surface area (Å²) < 4.78 is 0. The fourth-order valence-corrected chi connectivity index (χ4v) is 3.41. The summed E-state index contributed by atoms with van der Waals surface area (Å²) in [5, 5.41) is 18.5. The van der Waals surface area contributed by atoms with Crippen LogP contribution in [0.25, 0.3) is 11.3 Å². The molecule has 0 aliphatic heterocycles. The van der Waals surface area contributed by atoms with E-state index in [0.29, 0.717) is 0 Å². The van der Waals surface area contributed by atoms with Gasteiger partial charge >= 0.3 is 0 Å². The smallest absolute Gasteiger partial charge is 0.113 e. The number of hydrogen-bond donors (Lipinski definition) is 1. The van der Waals surface area contributed by atoms with E-state index < -0.39 is 0 Å². The molecular formula is C23H29N3O. The van der Waals surface area contributed by atoms with Crippen LogP contribution in [0.1, 0.15) is 50.0 Å². The molecule has 0 aliphatic rings. The summed E-state index contributed by atoms with van der Waals surface area (Å²) in [6.07, 6.45) is 8.79. The highest BCUT2D eigenvalue weighted by atomic mass is 16.3. The molecule has 4 nitrogen and oxygen atoms in total. The molecule has 0 amide bonds. The van der Waals surface area contributed by atoms with E-state index in [2.05, 4.69) is 34.5 Å². The number of nitrogens with zero attached hydrogens (tertiary/aromatic N) is 3. The van der Waals surface area contributed by atoms with E-state index >= 15 is 0 Å². The second kappa shape index (κ2) is 10.6. The fourth-order valence-electron chi connectivity index (χ4n) is 3.41. The molecule has 4 heteroatoms. The average molecular weight is 364 g/mol. The van der Waals surface area contributed by atoms with E-state index in [-0.39, 0.29) is 12.5 Å². The molecule has 2 aromatic carbocycles. The Bertz CT molecular complexity index is 771. The highest BCUT2D eigenvalue weighted by molar-refractivity contribution is 5.56. The molecule has 3 rings (SSSR count). The quantitative estimate of drug-likeness (QED) is 0.484. The minimum absolute atomic E-state index is 0.235. The lowest BCUT2D eigenvalue weighted by Gasteiger charge is -2.14. The van der Waals surface area contributed by atoms with Crippen molar-refractivity contribution in [2.75, 3.05) is 6.61 Å². The topological polar surface area (TPSA) is 50.9 Å². The summed E-state index contributed by atoms with van der Waals surface area (Å²) in [6, 6.07) is 20.5. The Morgan fingerprint density at radius 1 is 0.815 bits per heavy atom. The van der Waals surface area contributed by atoms with Crippen molar-refractivity contribution >= 4 is 0 Å².